The summed E-state index contributed by atoms with van der Waals surface area (Å²) in [5, 5.41) is 23.0. The number of nitrogens with two attached hydrogens (primary N) is 1. The van der Waals surface area contributed by atoms with E-state index < -0.39 is 0 Å². The van der Waals surface area contributed by atoms with Crippen LogP contribution >= 0.6 is 0 Å². The maximum atomic E-state index is 12.3. The Balaban J connectivity index is 1.54. The number of phenolic OH excluding ortho intramolecular Hbond substituents is 1. The molecule has 0 aliphatic heterocycles. The second-order valence-electron chi connectivity index (χ2n) is 6.89. The van der Waals surface area contributed by atoms with Gasteiger partial charge in [-0.25, -0.2) is 0 Å². The molecule has 0 radical (unpaired) electrons. The minimum Gasteiger partial charge on any atom is -0.507 e. The number of amides is 1. The molecule has 148 valence electrons. The summed E-state index contributed by atoms with van der Waals surface area (Å²) >= 11 is 0. The number of hydrogen-bond acceptors (Lipinski definition) is 5. The Morgan fingerprint density at radius 3 is 2.33 bits per heavy atom. The van der Waals surface area contributed by atoms with Gasteiger partial charge in [-0.3, -0.25) is 4.79 Å². The Morgan fingerprint density at radius 1 is 0.900 bits per heavy atom. The van der Waals surface area contributed by atoms with Gasteiger partial charge in [0.15, 0.2) is 0 Å². The summed E-state index contributed by atoms with van der Waals surface area (Å²) in [6, 6.07) is 23.4. The van der Waals surface area contributed by atoms with E-state index in [4.69, 9.17) is 5.73 Å². The Bertz CT molecular complexity index is 1250. The molecule has 30 heavy (non-hydrogen) atoms. The monoisotopic (exact) mass is 396 g/mol. The zero-order valence-electron chi connectivity index (χ0n) is 16.3. The highest BCUT2D eigenvalue weighted by molar-refractivity contribution is 6.04. The van der Waals surface area contributed by atoms with Crippen LogP contribution in [-0.2, 0) is 0 Å². The van der Waals surface area contributed by atoms with Crippen LogP contribution in [0.4, 0.5) is 22.7 Å². The lowest BCUT2D eigenvalue weighted by molar-refractivity contribution is 0.102. The van der Waals surface area contributed by atoms with Gasteiger partial charge in [0.1, 0.15) is 11.4 Å². The molecule has 0 bridgehead atoms. The molecule has 6 heteroatoms. The summed E-state index contributed by atoms with van der Waals surface area (Å²) in [7, 11) is 0. The van der Waals surface area contributed by atoms with Crippen molar-refractivity contribution in [1.82, 2.24) is 0 Å². The Morgan fingerprint density at radius 2 is 1.60 bits per heavy atom. The van der Waals surface area contributed by atoms with Crippen LogP contribution in [0, 0.1) is 6.92 Å². The SMILES string of the molecule is Cc1ccc2ccc(N=Nc3ccc(C(=O)Nc4ccccc4)cc3)c(N)c2c1O. The number of nitrogen functional groups attached to an aromatic ring is 1. The maximum Gasteiger partial charge on any atom is 0.255 e. The molecule has 0 saturated carbocycles. The average molecular weight is 396 g/mol. The average Bonchev–Trinajstić information content (AvgIpc) is 2.77. The zero-order valence-corrected chi connectivity index (χ0v) is 16.3. The minimum atomic E-state index is -0.200. The third-order valence-electron chi connectivity index (χ3n) is 4.81. The smallest absolute Gasteiger partial charge is 0.255 e. The zero-order chi connectivity index (χ0) is 21.1. The molecule has 1 amide bonds. The number of rotatable bonds is 4. The molecular formula is C24H20N4O2. The fraction of sp³-hybridized carbons (Fsp3) is 0.0417. The van der Waals surface area contributed by atoms with Crippen molar-refractivity contribution in [3.63, 3.8) is 0 Å². The van der Waals surface area contributed by atoms with E-state index in [1.807, 2.05) is 55.5 Å². The second-order valence-corrected chi connectivity index (χ2v) is 6.89. The summed E-state index contributed by atoms with van der Waals surface area (Å²) in [4.78, 5) is 12.3. The van der Waals surface area contributed by atoms with Gasteiger partial charge in [-0.15, -0.1) is 5.11 Å². The van der Waals surface area contributed by atoms with Crippen LogP contribution in [0.3, 0.4) is 0 Å². The van der Waals surface area contributed by atoms with E-state index >= 15 is 0 Å². The predicted molar refractivity (Wildman–Crippen MR) is 120 cm³/mol. The second kappa shape index (κ2) is 8.05. The van der Waals surface area contributed by atoms with Gasteiger partial charge in [0, 0.05) is 16.6 Å². The van der Waals surface area contributed by atoms with E-state index in [9.17, 15) is 9.90 Å². The van der Waals surface area contributed by atoms with E-state index in [2.05, 4.69) is 15.5 Å². The Labute approximate surface area is 173 Å². The molecule has 0 spiro atoms. The minimum absolute atomic E-state index is 0.149. The largest absolute Gasteiger partial charge is 0.507 e. The van der Waals surface area contributed by atoms with Crippen molar-refractivity contribution in [2.24, 2.45) is 10.2 Å². The lowest BCUT2D eigenvalue weighted by Gasteiger charge is -2.09. The van der Waals surface area contributed by atoms with E-state index in [0.717, 1.165) is 16.6 Å². The molecule has 0 unspecified atom stereocenters. The van der Waals surface area contributed by atoms with Gasteiger partial charge in [-0.2, -0.15) is 5.11 Å². The maximum absolute atomic E-state index is 12.3. The van der Waals surface area contributed by atoms with Gasteiger partial charge in [-0.05, 0) is 60.3 Å². The van der Waals surface area contributed by atoms with Crippen molar-refractivity contribution in [3.05, 3.63) is 90.0 Å². The Hall–Kier alpha value is -4.19. The van der Waals surface area contributed by atoms with Gasteiger partial charge in [-0.1, -0.05) is 36.4 Å². The fourth-order valence-corrected chi connectivity index (χ4v) is 3.12. The molecule has 0 heterocycles. The van der Waals surface area contributed by atoms with Gasteiger partial charge >= 0.3 is 0 Å². The van der Waals surface area contributed by atoms with Crippen LogP contribution in [0.2, 0.25) is 0 Å². The first kappa shape index (κ1) is 19.1. The molecule has 4 aromatic carbocycles. The molecule has 4 N–H and O–H groups in total. The number of aromatic hydroxyl groups is 1. The molecule has 0 saturated heterocycles. The van der Waals surface area contributed by atoms with Gasteiger partial charge in [0.2, 0.25) is 0 Å². The highest BCUT2D eigenvalue weighted by Gasteiger charge is 2.10. The van der Waals surface area contributed by atoms with Crippen molar-refractivity contribution in [2.45, 2.75) is 6.92 Å². The first-order valence-corrected chi connectivity index (χ1v) is 9.42. The molecule has 4 rings (SSSR count). The van der Waals surface area contributed by atoms with E-state index in [1.54, 1.807) is 30.3 Å². The summed E-state index contributed by atoms with van der Waals surface area (Å²) < 4.78 is 0. The molecule has 0 fully saturated rings. The molecule has 0 atom stereocenters. The summed E-state index contributed by atoms with van der Waals surface area (Å²) in [6.45, 7) is 1.82. The van der Waals surface area contributed by atoms with Crippen LogP contribution in [0.5, 0.6) is 5.75 Å². The molecule has 6 nitrogen and oxygen atoms in total. The van der Waals surface area contributed by atoms with Crippen LogP contribution in [0.25, 0.3) is 10.8 Å². The van der Waals surface area contributed by atoms with Gasteiger partial charge < -0.3 is 16.2 Å². The van der Waals surface area contributed by atoms with Crippen LogP contribution in [0.15, 0.2) is 89.1 Å². The standard InChI is InChI=1S/C24H20N4O2/c1-15-7-8-16-11-14-20(22(25)21(16)23(15)29)28-27-19-12-9-17(10-13-19)24(30)26-18-5-3-2-4-6-18/h2-14,29H,25H2,1H3,(H,26,30). The van der Waals surface area contributed by atoms with Crippen molar-refractivity contribution < 1.29 is 9.90 Å². The number of benzene rings is 4. The molecule has 0 aliphatic rings. The summed E-state index contributed by atoms with van der Waals surface area (Å²) in [5.41, 5.74) is 9.64. The highest BCUT2D eigenvalue weighted by atomic mass is 16.3. The predicted octanol–water partition coefficient (Wildman–Crippen LogP) is 6.10. The highest BCUT2D eigenvalue weighted by Crippen LogP contribution is 2.38. The number of phenols is 1. The number of hydrogen-bond donors (Lipinski definition) is 3. The number of carbonyl (C=O) groups excluding carboxylic acids is 1. The number of carbonyl (C=O) groups is 1. The van der Waals surface area contributed by atoms with Gasteiger partial charge in [0.25, 0.3) is 5.91 Å². The number of para-hydroxylation sites is 1. The third kappa shape index (κ3) is 3.84. The summed E-state index contributed by atoms with van der Waals surface area (Å²) in [5.74, 6) is -0.0508. The molecule has 0 aromatic heterocycles. The van der Waals surface area contributed by atoms with Crippen LogP contribution in [0.1, 0.15) is 15.9 Å². The number of nitrogens with zero attached hydrogens (tertiary/aromatic N) is 2. The molecular weight excluding hydrogens is 376 g/mol. The number of azo groups is 1. The van der Waals surface area contributed by atoms with Gasteiger partial charge in [0.05, 0.1) is 11.4 Å². The van der Waals surface area contributed by atoms with Crippen LogP contribution < -0.4 is 11.1 Å². The van der Waals surface area contributed by atoms with Crippen molar-refractivity contribution in [3.8, 4) is 5.75 Å². The lowest BCUT2D eigenvalue weighted by atomic mass is 10.0. The normalized spacial score (nSPS) is 11.1. The van der Waals surface area contributed by atoms with E-state index in [-0.39, 0.29) is 11.7 Å². The number of nitrogens with one attached hydrogen (secondary N) is 1. The third-order valence-corrected chi connectivity index (χ3v) is 4.81. The van der Waals surface area contributed by atoms with Crippen molar-refractivity contribution in [1.29, 1.82) is 0 Å². The molecule has 4 aromatic rings. The topological polar surface area (TPSA) is 100 Å². The molecule has 0 aliphatic carbocycles. The van der Waals surface area contributed by atoms with E-state index in [1.165, 1.54) is 0 Å². The van der Waals surface area contributed by atoms with Crippen LogP contribution in [-0.4, -0.2) is 11.0 Å². The van der Waals surface area contributed by atoms with Crippen molar-refractivity contribution >= 4 is 39.4 Å². The first-order chi connectivity index (χ1) is 14.5. The fourth-order valence-electron chi connectivity index (χ4n) is 3.12. The van der Waals surface area contributed by atoms with Crippen molar-refractivity contribution in [2.75, 3.05) is 11.1 Å². The summed E-state index contributed by atoms with van der Waals surface area (Å²) in [6.07, 6.45) is 0. The number of fused-ring (bicyclic) bond motifs is 1. The Kier molecular flexibility index (Phi) is 5.13. The lowest BCUT2D eigenvalue weighted by Crippen LogP contribution is -2.11. The first-order valence-electron chi connectivity index (χ1n) is 9.42. The number of anilines is 2. The number of aryl methyl sites for hydroxylation is 1. The van der Waals surface area contributed by atoms with E-state index in [0.29, 0.717) is 28.0 Å². The quantitative estimate of drug-likeness (QED) is 0.287.